The average Bonchev–Trinajstić information content (AvgIpc) is 2.33. The van der Waals surface area contributed by atoms with Gasteiger partial charge in [0.1, 0.15) is 10.6 Å². The van der Waals surface area contributed by atoms with Crippen LogP contribution in [0.1, 0.15) is 29.9 Å². The van der Waals surface area contributed by atoms with Crippen LogP contribution in [0.25, 0.3) is 0 Å². The number of H-pyrrole nitrogens is 1. The number of thioether (sulfide) groups is 1. The maximum atomic E-state index is 11.9. The second-order valence-corrected chi connectivity index (χ2v) is 5.50. The molecule has 0 fully saturated rings. The van der Waals surface area contributed by atoms with Crippen LogP contribution in [0.4, 0.5) is 0 Å². The monoisotopic (exact) mass is 299 g/mol. The number of nitrogens with zero attached hydrogens (tertiary/aromatic N) is 2. The normalized spacial score (nSPS) is 10.7. The molecule has 0 spiro atoms. The summed E-state index contributed by atoms with van der Waals surface area (Å²) in [6, 6.07) is 0.0518. The van der Waals surface area contributed by atoms with E-state index in [2.05, 4.69) is 9.97 Å². The Morgan fingerprint density at radius 3 is 2.55 bits per heavy atom. The van der Waals surface area contributed by atoms with Gasteiger partial charge in [-0.15, -0.1) is 0 Å². The van der Waals surface area contributed by atoms with E-state index in [0.717, 1.165) is 11.8 Å². The quantitative estimate of drug-likeness (QED) is 0.614. The standard InChI is InChI=1S/C12H17N3O4S/c1-6(2)15(4)8(16)5-20-10-9(11(17)18)7(3)13-12(19)14-10/h6H,5H2,1-4H3,(H,17,18)(H,13,14,19). The first-order valence-corrected chi connectivity index (χ1v) is 6.95. The van der Waals surface area contributed by atoms with Gasteiger partial charge in [-0.1, -0.05) is 11.8 Å². The van der Waals surface area contributed by atoms with E-state index >= 15 is 0 Å². The van der Waals surface area contributed by atoms with Crippen LogP contribution >= 0.6 is 11.8 Å². The zero-order chi connectivity index (χ0) is 15.4. The molecule has 2 N–H and O–H groups in total. The second-order valence-electron chi connectivity index (χ2n) is 4.54. The van der Waals surface area contributed by atoms with Crippen molar-refractivity contribution in [2.24, 2.45) is 0 Å². The lowest BCUT2D eigenvalue weighted by Crippen LogP contribution is -2.34. The Bertz CT molecular complexity index is 583. The first-order valence-electron chi connectivity index (χ1n) is 5.96. The predicted octanol–water partition coefficient (Wildman–Crippen LogP) is 0.735. The fourth-order valence-electron chi connectivity index (χ4n) is 1.44. The molecule has 0 atom stereocenters. The summed E-state index contributed by atoms with van der Waals surface area (Å²) in [4.78, 5) is 41.8. The van der Waals surface area contributed by atoms with Crippen molar-refractivity contribution in [1.29, 1.82) is 0 Å². The molecule has 0 aromatic carbocycles. The molecular weight excluding hydrogens is 282 g/mol. The number of aromatic amines is 1. The summed E-state index contributed by atoms with van der Waals surface area (Å²) >= 11 is 0.954. The summed E-state index contributed by atoms with van der Waals surface area (Å²) in [5.74, 6) is -1.30. The third-order valence-electron chi connectivity index (χ3n) is 2.80. The first-order chi connectivity index (χ1) is 9.23. The van der Waals surface area contributed by atoms with Crippen molar-refractivity contribution in [2.75, 3.05) is 12.8 Å². The number of carbonyl (C=O) groups excluding carboxylic acids is 1. The molecule has 0 bridgehead atoms. The third kappa shape index (κ3) is 3.83. The van der Waals surface area contributed by atoms with Gasteiger partial charge in [0.15, 0.2) is 0 Å². The van der Waals surface area contributed by atoms with Gasteiger partial charge in [-0.05, 0) is 20.8 Å². The minimum absolute atomic E-state index is 0.0326. The summed E-state index contributed by atoms with van der Waals surface area (Å²) < 4.78 is 0. The minimum Gasteiger partial charge on any atom is -0.478 e. The van der Waals surface area contributed by atoms with Gasteiger partial charge in [0.05, 0.1) is 5.75 Å². The van der Waals surface area contributed by atoms with Crippen LogP contribution in [0.2, 0.25) is 0 Å². The molecule has 1 heterocycles. The smallest absolute Gasteiger partial charge is 0.346 e. The summed E-state index contributed by atoms with van der Waals surface area (Å²) in [6.07, 6.45) is 0. The van der Waals surface area contributed by atoms with E-state index in [1.165, 1.54) is 6.92 Å². The highest BCUT2D eigenvalue weighted by atomic mass is 32.2. The lowest BCUT2D eigenvalue weighted by atomic mass is 10.2. The Labute approximate surface area is 120 Å². The molecule has 7 nitrogen and oxygen atoms in total. The molecule has 20 heavy (non-hydrogen) atoms. The number of carboxylic acids is 1. The van der Waals surface area contributed by atoms with E-state index in [-0.39, 0.29) is 34.0 Å². The van der Waals surface area contributed by atoms with E-state index < -0.39 is 11.7 Å². The van der Waals surface area contributed by atoms with Gasteiger partial charge in [-0.3, -0.25) is 4.79 Å². The number of aromatic carboxylic acids is 1. The van der Waals surface area contributed by atoms with Crippen LogP contribution in [0, 0.1) is 6.92 Å². The largest absolute Gasteiger partial charge is 0.478 e. The van der Waals surface area contributed by atoms with Crippen molar-refractivity contribution in [2.45, 2.75) is 31.8 Å². The number of hydrogen-bond donors (Lipinski definition) is 2. The zero-order valence-electron chi connectivity index (χ0n) is 11.8. The number of nitrogens with one attached hydrogen (secondary N) is 1. The van der Waals surface area contributed by atoms with Crippen LogP contribution < -0.4 is 5.69 Å². The van der Waals surface area contributed by atoms with Gasteiger partial charge in [-0.25, -0.2) is 9.59 Å². The summed E-state index contributed by atoms with van der Waals surface area (Å²) in [5, 5.41) is 9.19. The maximum absolute atomic E-state index is 11.9. The van der Waals surface area contributed by atoms with Crippen molar-refractivity contribution < 1.29 is 14.7 Å². The fourth-order valence-corrected chi connectivity index (χ4v) is 2.43. The summed E-state index contributed by atoms with van der Waals surface area (Å²) in [6.45, 7) is 5.24. The molecule has 1 aromatic rings. The number of aromatic nitrogens is 2. The molecule has 0 unspecified atom stereocenters. The Hall–Kier alpha value is -1.83. The molecule has 1 aromatic heterocycles. The molecule has 8 heteroatoms. The molecule has 0 saturated carbocycles. The van der Waals surface area contributed by atoms with E-state index in [1.54, 1.807) is 11.9 Å². The lowest BCUT2D eigenvalue weighted by Gasteiger charge is -2.21. The number of aryl methyl sites for hydroxylation is 1. The number of amides is 1. The summed E-state index contributed by atoms with van der Waals surface area (Å²) in [5.41, 5.74) is -0.473. The molecule has 1 amide bonds. The Balaban J connectivity index is 2.96. The molecule has 0 aliphatic carbocycles. The van der Waals surface area contributed by atoms with Gasteiger partial charge in [0.25, 0.3) is 0 Å². The molecule has 1 rings (SSSR count). The van der Waals surface area contributed by atoms with Gasteiger partial charge in [0, 0.05) is 18.8 Å². The average molecular weight is 299 g/mol. The van der Waals surface area contributed by atoms with Gasteiger partial charge < -0.3 is 15.0 Å². The van der Waals surface area contributed by atoms with Crippen molar-refractivity contribution in [3.63, 3.8) is 0 Å². The number of rotatable bonds is 5. The van der Waals surface area contributed by atoms with E-state index in [0.29, 0.717) is 0 Å². The fraction of sp³-hybridized carbons (Fsp3) is 0.500. The van der Waals surface area contributed by atoms with Crippen molar-refractivity contribution in [3.8, 4) is 0 Å². The molecule has 0 saturated heterocycles. The number of carboxylic acid groups (broad SMARTS) is 1. The first kappa shape index (κ1) is 16.2. The molecular formula is C12H17N3O4S. The van der Waals surface area contributed by atoms with Crippen molar-refractivity contribution >= 4 is 23.6 Å². The maximum Gasteiger partial charge on any atom is 0.346 e. The van der Waals surface area contributed by atoms with Crippen LogP contribution in [0.5, 0.6) is 0 Å². The Kier molecular flexibility index (Phi) is 5.32. The van der Waals surface area contributed by atoms with Gasteiger partial charge in [0.2, 0.25) is 5.91 Å². The topological polar surface area (TPSA) is 103 Å². The minimum atomic E-state index is -1.18. The lowest BCUT2D eigenvalue weighted by molar-refractivity contribution is -0.128. The van der Waals surface area contributed by atoms with E-state index in [4.69, 9.17) is 5.11 Å². The number of carbonyl (C=O) groups is 2. The van der Waals surface area contributed by atoms with E-state index in [9.17, 15) is 14.4 Å². The van der Waals surface area contributed by atoms with Gasteiger partial charge >= 0.3 is 11.7 Å². The molecule has 0 aliphatic rings. The van der Waals surface area contributed by atoms with Gasteiger partial charge in [-0.2, -0.15) is 4.98 Å². The van der Waals surface area contributed by atoms with Crippen molar-refractivity contribution in [3.05, 3.63) is 21.7 Å². The van der Waals surface area contributed by atoms with Crippen LogP contribution in [-0.2, 0) is 4.79 Å². The highest BCUT2D eigenvalue weighted by Crippen LogP contribution is 2.21. The highest BCUT2D eigenvalue weighted by molar-refractivity contribution is 8.00. The predicted molar refractivity (Wildman–Crippen MR) is 75.2 cm³/mol. The van der Waals surface area contributed by atoms with Crippen LogP contribution in [-0.4, -0.2) is 50.7 Å². The van der Waals surface area contributed by atoms with Crippen LogP contribution in [0.3, 0.4) is 0 Å². The SMILES string of the molecule is Cc1[nH]c(=O)nc(SCC(=O)N(C)C(C)C)c1C(=O)O. The molecule has 0 radical (unpaired) electrons. The van der Waals surface area contributed by atoms with Crippen LogP contribution in [0.15, 0.2) is 9.82 Å². The van der Waals surface area contributed by atoms with E-state index in [1.807, 2.05) is 13.8 Å². The zero-order valence-corrected chi connectivity index (χ0v) is 12.6. The second kappa shape index (κ2) is 6.56. The number of hydrogen-bond acceptors (Lipinski definition) is 5. The van der Waals surface area contributed by atoms with Crippen molar-refractivity contribution in [1.82, 2.24) is 14.9 Å². The Morgan fingerprint density at radius 1 is 1.45 bits per heavy atom. The highest BCUT2D eigenvalue weighted by Gasteiger charge is 2.19. The molecule has 110 valence electrons. The summed E-state index contributed by atoms with van der Waals surface area (Å²) in [7, 11) is 1.67. The molecule has 0 aliphatic heterocycles. The third-order valence-corrected chi connectivity index (χ3v) is 3.76. The Morgan fingerprint density at radius 2 is 2.05 bits per heavy atom.